The molecule has 1 atom stereocenters. The maximum atomic E-state index is 5.59. The van der Waals surface area contributed by atoms with Crippen LogP contribution in [-0.4, -0.2) is 38.2 Å². The van der Waals surface area contributed by atoms with E-state index in [2.05, 4.69) is 69.3 Å². The molecule has 3 heteroatoms. The van der Waals surface area contributed by atoms with E-state index >= 15 is 0 Å². The van der Waals surface area contributed by atoms with Gasteiger partial charge < -0.3 is 15.0 Å². The Kier molecular flexibility index (Phi) is 7.63. The Labute approximate surface area is 124 Å². The maximum absolute atomic E-state index is 5.59. The second kappa shape index (κ2) is 8.98. The van der Waals surface area contributed by atoms with Crippen LogP contribution in [0.25, 0.3) is 0 Å². The molecule has 0 radical (unpaired) electrons. The molecule has 0 heterocycles. The van der Waals surface area contributed by atoms with Crippen molar-refractivity contribution < 1.29 is 4.74 Å². The summed E-state index contributed by atoms with van der Waals surface area (Å²) in [5, 5.41) is 3.54. The van der Waals surface area contributed by atoms with Gasteiger partial charge in [0.05, 0.1) is 6.61 Å². The van der Waals surface area contributed by atoms with Crippen LogP contribution < -0.4 is 10.1 Å². The van der Waals surface area contributed by atoms with Gasteiger partial charge in [0, 0.05) is 19.1 Å². The second-order valence-corrected chi connectivity index (χ2v) is 5.90. The minimum absolute atomic E-state index is 0.571. The predicted molar refractivity (Wildman–Crippen MR) is 86.2 cm³/mol. The minimum atomic E-state index is 0.571. The number of nitrogens with one attached hydrogen (secondary N) is 1. The summed E-state index contributed by atoms with van der Waals surface area (Å²) in [6.07, 6.45) is 1.05. The van der Waals surface area contributed by atoms with Crippen LogP contribution in [0.3, 0.4) is 0 Å². The SMILES string of the molecule is CCCOc1ccc(CNCC(C(C)C)N(C)C)cc1. The van der Waals surface area contributed by atoms with Crippen molar-refractivity contribution in [3.05, 3.63) is 29.8 Å². The summed E-state index contributed by atoms with van der Waals surface area (Å²) in [4.78, 5) is 2.29. The molecule has 0 aromatic heterocycles. The molecule has 1 aromatic carbocycles. The predicted octanol–water partition coefficient (Wildman–Crippen LogP) is 3.15. The number of hydrogen-bond acceptors (Lipinski definition) is 3. The number of rotatable bonds is 9. The summed E-state index contributed by atoms with van der Waals surface area (Å²) in [6, 6.07) is 8.95. The van der Waals surface area contributed by atoms with Crippen LogP contribution in [0, 0.1) is 5.92 Å². The first-order chi connectivity index (χ1) is 9.54. The summed E-state index contributed by atoms with van der Waals surface area (Å²) < 4.78 is 5.59. The lowest BCUT2D eigenvalue weighted by atomic mass is 10.0. The van der Waals surface area contributed by atoms with E-state index in [0.29, 0.717) is 12.0 Å². The summed E-state index contributed by atoms with van der Waals surface area (Å²) in [7, 11) is 4.29. The first-order valence-electron chi connectivity index (χ1n) is 7.63. The molecule has 0 aliphatic rings. The normalized spacial score (nSPS) is 12.9. The van der Waals surface area contributed by atoms with Crippen LogP contribution in [0.15, 0.2) is 24.3 Å². The summed E-state index contributed by atoms with van der Waals surface area (Å²) in [5.74, 6) is 1.62. The molecule has 0 saturated carbocycles. The molecule has 0 aliphatic heterocycles. The Morgan fingerprint density at radius 1 is 1.15 bits per heavy atom. The van der Waals surface area contributed by atoms with Crippen LogP contribution in [0.5, 0.6) is 5.75 Å². The summed E-state index contributed by atoms with van der Waals surface area (Å²) >= 11 is 0. The van der Waals surface area contributed by atoms with Crippen molar-refractivity contribution in [3.8, 4) is 5.75 Å². The van der Waals surface area contributed by atoms with Gasteiger partial charge in [-0.1, -0.05) is 32.9 Å². The van der Waals surface area contributed by atoms with Gasteiger partial charge in [-0.2, -0.15) is 0 Å². The van der Waals surface area contributed by atoms with Crippen molar-refractivity contribution in [1.29, 1.82) is 0 Å². The van der Waals surface area contributed by atoms with Crippen molar-refractivity contribution in [1.82, 2.24) is 10.2 Å². The largest absolute Gasteiger partial charge is 0.494 e. The second-order valence-electron chi connectivity index (χ2n) is 5.90. The van der Waals surface area contributed by atoms with E-state index in [1.807, 2.05) is 0 Å². The molecule has 1 aromatic rings. The van der Waals surface area contributed by atoms with Gasteiger partial charge in [-0.05, 0) is 44.1 Å². The zero-order valence-corrected chi connectivity index (χ0v) is 13.6. The lowest BCUT2D eigenvalue weighted by molar-refractivity contribution is 0.224. The molecule has 3 nitrogen and oxygen atoms in total. The molecule has 0 bridgehead atoms. The van der Waals surface area contributed by atoms with E-state index in [4.69, 9.17) is 4.74 Å². The maximum Gasteiger partial charge on any atom is 0.119 e. The first kappa shape index (κ1) is 17.0. The Balaban J connectivity index is 2.38. The van der Waals surface area contributed by atoms with Gasteiger partial charge in [0.2, 0.25) is 0 Å². The van der Waals surface area contributed by atoms with E-state index in [9.17, 15) is 0 Å². The van der Waals surface area contributed by atoms with E-state index in [1.54, 1.807) is 0 Å². The first-order valence-corrected chi connectivity index (χ1v) is 7.63. The third-order valence-electron chi connectivity index (χ3n) is 3.51. The molecule has 114 valence electrons. The molecule has 0 fully saturated rings. The molecule has 20 heavy (non-hydrogen) atoms. The highest BCUT2D eigenvalue weighted by atomic mass is 16.5. The van der Waals surface area contributed by atoms with Gasteiger partial charge in [-0.3, -0.25) is 0 Å². The average molecular weight is 278 g/mol. The lowest BCUT2D eigenvalue weighted by Gasteiger charge is -2.28. The molecule has 1 rings (SSSR count). The summed E-state index contributed by atoms with van der Waals surface area (Å²) in [6.45, 7) is 9.37. The molecular weight excluding hydrogens is 248 g/mol. The van der Waals surface area contributed by atoms with Crippen molar-refractivity contribution in [2.45, 2.75) is 39.8 Å². The van der Waals surface area contributed by atoms with E-state index in [-0.39, 0.29) is 0 Å². The van der Waals surface area contributed by atoms with Crippen LogP contribution in [-0.2, 0) is 6.54 Å². The number of likely N-dealkylation sites (N-methyl/N-ethyl adjacent to an activating group) is 1. The number of ether oxygens (including phenoxy) is 1. The zero-order valence-electron chi connectivity index (χ0n) is 13.6. The van der Waals surface area contributed by atoms with Crippen molar-refractivity contribution in [3.63, 3.8) is 0 Å². The van der Waals surface area contributed by atoms with Crippen LogP contribution in [0.1, 0.15) is 32.8 Å². The van der Waals surface area contributed by atoms with Crippen molar-refractivity contribution in [2.24, 2.45) is 5.92 Å². The smallest absolute Gasteiger partial charge is 0.119 e. The number of benzene rings is 1. The Morgan fingerprint density at radius 3 is 2.30 bits per heavy atom. The fourth-order valence-electron chi connectivity index (χ4n) is 2.30. The van der Waals surface area contributed by atoms with Crippen LogP contribution in [0.2, 0.25) is 0 Å². The highest BCUT2D eigenvalue weighted by Crippen LogP contribution is 2.12. The molecule has 0 saturated heterocycles. The van der Waals surface area contributed by atoms with Crippen LogP contribution >= 0.6 is 0 Å². The molecule has 1 unspecified atom stereocenters. The highest BCUT2D eigenvalue weighted by Gasteiger charge is 2.14. The molecule has 1 N–H and O–H groups in total. The third-order valence-corrected chi connectivity index (χ3v) is 3.51. The summed E-state index contributed by atoms with van der Waals surface area (Å²) in [5.41, 5.74) is 1.30. The topological polar surface area (TPSA) is 24.5 Å². The number of nitrogens with zero attached hydrogens (tertiary/aromatic N) is 1. The Hall–Kier alpha value is -1.06. The lowest BCUT2D eigenvalue weighted by Crippen LogP contribution is -2.41. The van der Waals surface area contributed by atoms with Gasteiger partial charge in [0.15, 0.2) is 0 Å². The molecule has 0 aliphatic carbocycles. The van der Waals surface area contributed by atoms with Gasteiger partial charge in [0.1, 0.15) is 5.75 Å². The fraction of sp³-hybridized carbons (Fsp3) is 0.647. The third kappa shape index (κ3) is 5.93. The fourth-order valence-corrected chi connectivity index (χ4v) is 2.30. The molecule has 0 amide bonds. The Morgan fingerprint density at radius 2 is 1.80 bits per heavy atom. The van der Waals surface area contributed by atoms with Crippen LogP contribution in [0.4, 0.5) is 0 Å². The molecular formula is C17H30N2O. The van der Waals surface area contributed by atoms with Crippen molar-refractivity contribution in [2.75, 3.05) is 27.2 Å². The van der Waals surface area contributed by atoms with Gasteiger partial charge in [-0.15, -0.1) is 0 Å². The van der Waals surface area contributed by atoms with Gasteiger partial charge in [0.25, 0.3) is 0 Å². The Bertz CT molecular complexity index is 352. The van der Waals surface area contributed by atoms with E-state index in [0.717, 1.165) is 31.9 Å². The standard InChI is InChI=1S/C17H30N2O/c1-6-11-20-16-9-7-15(8-10-16)12-18-13-17(14(2)3)19(4)5/h7-10,14,17-18H,6,11-13H2,1-5H3. The van der Waals surface area contributed by atoms with Gasteiger partial charge >= 0.3 is 0 Å². The zero-order chi connectivity index (χ0) is 15.0. The quantitative estimate of drug-likeness (QED) is 0.751. The van der Waals surface area contributed by atoms with Crippen molar-refractivity contribution >= 4 is 0 Å². The minimum Gasteiger partial charge on any atom is -0.494 e. The average Bonchev–Trinajstić information content (AvgIpc) is 2.41. The monoisotopic (exact) mass is 278 g/mol. The van der Waals surface area contributed by atoms with Gasteiger partial charge in [-0.25, -0.2) is 0 Å². The molecule has 0 spiro atoms. The number of hydrogen-bond donors (Lipinski definition) is 1. The van der Waals surface area contributed by atoms with E-state index < -0.39 is 0 Å². The van der Waals surface area contributed by atoms with E-state index in [1.165, 1.54) is 5.56 Å². The highest BCUT2D eigenvalue weighted by molar-refractivity contribution is 5.27.